The third-order valence-corrected chi connectivity index (χ3v) is 5.11. The van der Waals surface area contributed by atoms with Crippen LogP contribution < -0.4 is 5.32 Å². The second-order valence-electron chi connectivity index (χ2n) is 5.65. The van der Waals surface area contributed by atoms with E-state index in [4.69, 9.17) is 4.74 Å². The third kappa shape index (κ3) is 4.64. The van der Waals surface area contributed by atoms with Gasteiger partial charge in [0, 0.05) is 6.54 Å². The Morgan fingerprint density at radius 2 is 2.00 bits per heavy atom. The molecule has 1 N–H and O–H groups in total. The molecular formula is C16H23NO3S. The number of rotatable bonds is 6. The lowest BCUT2D eigenvalue weighted by Gasteiger charge is -2.28. The van der Waals surface area contributed by atoms with Crippen molar-refractivity contribution in [2.45, 2.75) is 45.6 Å². The summed E-state index contributed by atoms with van der Waals surface area (Å²) in [6, 6.07) is 3.39. The molecule has 1 heterocycles. The minimum Gasteiger partial charge on any atom is -0.376 e. The number of amides is 1. The number of carbonyl (C=O) groups is 2. The molecule has 21 heavy (non-hydrogen) atoms. The monoisotopic (exact) mass is 309 g/mol. The molecule has 1 amide bonds. The van der Waals surface area contributed by atoms with Crippen molar-refractivity contribution < 1.29 is 14.3 Å². The summed E-state index contributed by atoms with van der Waals surface area (Å²) >= 11 is 1.23. The van der Waals surface area contributed by atoms with Crippen LogP contribution in [0.15, 0.2) is 12.1 Å². The maximum atomic E-state index is 11.9. The quantitative estimate of drug-likeness (QED) is 0.648. The van der Waals surface area contributed by atoms with Gasteiger partial charge in [-0.25, -0.2) is 0 Å². The summed E-state index contributed by atoms with van der Waals surface area (Å²) < 4.78 is 5.86. The van der Waals surface area contributed by atoms with Crippen molar-refractivity contribution in [2.24, 2.45) is 5.92 Å². The molecule has 0 radical (unpaired) electrons. The lowest BCUT2D eigenvalue weighted by atomic mass is 9.88. The fourth-order valence-corrected chi connectivity index (χ4v) is 3.46. The molecule has 1 aromatic rings. The highest BCUT2D eigenvalue weighted by atomic mass is 32.1. The van der Waals surface area contributed by atoms with Crippen molar-refractivity contribution in [2.75, 3.05) is 13.2 Å². The molecule has 0 spiro atoms. The maximum absolute atomic E-state index is 11.9. The van der Waals surface area contributed by atoms with E-state index in [0.29, 0.717) is 34.9 Å². The Balaban J connectivity index is 1.70. The van der Waals surface area contributed by atoms with Gasteiger partial charge >= 0.3 is 0 Å². The predicted octanol–water partition coefficient (Wildman–Crippen LogP) is 3.28. The van der Waals surface area contributed by atoms with Crippen LogP contribution >= 0.6 is 11.3 Å². The number of nitrogens with one attached hydrogen (secondary N) is 1. The highest BCUT2D eigenvalue weighted by Gasteiger charge is 2.21. The highest BCUT2D eigenvalue weighted by Crippen LogP contribution is 2.26. The standard InChI is InChI=1S/C16H23NO3S/c1-11-5-3-4-6-13(11)20-10-9-17-16(19)15-8-7-14(21-15)12(2)18/h7-8,11,13H,3-6,9-10H2,1-2H3,(H,17,19)/t11-,13-/m0/s1. The minimum absolute atomic E-state index is 0.00586. The molecule has 1 fully saturated rings. The number of hydrogen-bond donors (Lipinski definition) is 1. The summed E-state index contributed by atoms with van der Waals surface area (Å²) in [5.74, 6) is 0.478. The lowest BCUT2D eigenvalue weighted by molar-refractivity contribution is -0.00292. The van der Waals surface area contributed by atoms with Gasteiger partial charge in [0.15, 0.2) is 5.78 Å². The molecule has 1 saturated carbocycles. The minimum atomic E-state index is -0.132. The molecule has 5 heteroatoms. The van der Waals surface area contributed by atoms with Crippen LogP contribution in [0.2, 0.25) is 0 Å². The molecule has 0 bridgehead atoms. The number of hydrogen-bond acceptors (Lipinski definition) is 4. The van der Waals surface area contributed by atoms with Crippen molar-refractivity contribution in [3.05, 3.63) is 21.9 Å². The zero-order valence-electron chi connectivity index (χ0n) is 12.7. The topological polar surface area (TPSA) is 55.4 Å². The van der Waals surface area contributed by atoms with Gasteiger partial charge < -0.3 is 10.1 Å². The van der Waals surface area contributed by atoms with E-state index in [1.807, 2.05) is 0 Å². The largest absolute Gasteiger partial charge is 0.376 e. The summed E-state index contributed by atoms with van der Waals surface area (Å²) in [4.78, 5) is 24.3. The van der Waals surface area contributed by atoms with Crippen LogP contribution in [0.5, 0.6) is 0 Å². The van der Waals surface area contributed by atoms with Gasteiger partial charge in [-0.3, -0.25) is 9.59 Å². The summed E-state index contributed by atoms with van der Waals surface area (Å²) in [6.07, 6.45) is 5.24. The Morgan fingerprint density at radius 3 is 2.67 bits per heavy atom. The number of carbonyl (C=O) groups excluding carboxylic acids is 2. The average molecular weight is 309 g/mol. The van der Waals surface area contributed by atoms with E-state index in [1.165, 1.54) is 37.5 Å². The SMILES string of the molecule is CC(=O)c1ccc(C(=O)NCCO[C@H]2CCCC[C@@H]2C)s1. The van der Waals surface area contributed by atoms with Crippen molar-refractivity contribution in [3.8, 4) is 0 Å². The molecule has 2 rings (SSSR count). The first kappa shape index (κ1) is 16.2. The first-order valence-corrected chi connectivity index (χ1v) is 8.40. The van der Waals surface area contributed by atoms with Crippen LogP contribution in [0.1, 0.15) is 58.9 Å². The van der Waals surface area contributed by atoms with Gasteiger partial charge in [0.2, 0.25) is 0 Å². The zero-order valence-corrected chi connectivity index (χ0v) is 13.5. The van der Waals surface area contributed by atoms with Gasteiger partial charge in [-0.2, -0.15) is 0 Å². The Hall–Kier alpha value is -1.20. The number of ketones is 1. The number of Topliss-reactive ketones (excluding diaryl/α,β-unsaturated/α-hetero) is 1. The Labute approximate surface area is 129 Å². The Bertz CT molecular complexity index is 497. The van der Waals surface area contributed by atoms with Crippen molar-refractivity contribution >= 4 is 23.0 Å². The maximum Gasteiger partial charge on any atom is 0.261 e. The molecule has 4 nitrogen and oxygen atoms in total. The molecule has 1 aliphatic carbocycles. The van der Waals surface area contributed by atoms with Gasteiger partial charge in [-0.1, -0.05) is 19.8 Å². The number of ether oxygens (including phenoxy) is 1. The van der Waals surface area contributed by atoms with Gasteiger partial charge in [-0.15, -0.1) is 11.3 Å². The second kappa shape index (κ2) is 7.71. The Kier molecular flexibility index (Phi) is 5.94. The van der Waals surface area contributed by atoms with E-state index in [0.717, 1.165) is 6.42 Å². The van der Waals surface area contributed by atoms with E-state index >= 15 is 0 Å². The van der Waals surface area contributed by atoms with Gasteiger partial charge in [-0.05, 0) is 37.8 Å². The van der Waals surface area contributed by atoms with Crippen LogP contribution in [-0.4, -0.2) is 30.9 Å². The summed E-state index contributed by atoms with van der Waals surface area (Å²) in [7, 11) is 0. The van der Waals surface area contributed by atoms with E-state index in [9.17, 15) is 9.59 Å². The van der Waals surface area contributed by atoms with Crippen molar-refractivity contribution in [1.29, 1.82) is 0 Å². The van der Waals surface area contributed by atoms with Crippen LogP contribution in [0.25, 0.3) is 0 Å². The summed E-state index contributed by atoms with van der Waals surface area (Å²) in [6.45, 7) is 4.80. The van der Waals surface area contributed by atoms with Crippen molar-refractivity contribution in [1.82, 2.24) is 5.32 Å². The summed E-state index contributed by atoms with van der Waals surface area (Å²) in [5, 5.41) is 2.84. The van der Waals surface area contributed by atoms with Crippen molar-refractivity contribution in [3.63, 3.8) is 0 Å². The lowest BCUT2D eigenvalue weighted by Crippen LogP contribution is -2.31. The van der Waals surface area contributed by atoms with Crippen LogP contribution in [0.3, 0.4) is 0 Å². The predicted molar refractivity (Wildman–Crippen MR) is 84.0 cm³/mol. The molecule has 116 valence electrons. The van der Waals surface area contributed by atoms with Crippen LogP contribution in [0.4, 0.5) is 0 Å². The normalized spacial score (nSPS) is 22.0. The first-order chi connectivity index (χ1) is 10.1. The molecule has 0 aliphatic heterocycles. The molecule has 0 aromatic carbocycles. The second-order valence-corrected chi connectivity index (χ2v) is 6.73. The summed E-state index contributed by atoms with van der Waals surface area (Å²) in [5.41, 5.74) is 0. The van der Waals surface area contributed by atoms with Gasteiger partial charge in [0.1, 0.15) is 0 Å². The smallest absolute Gasteiger partial charge is 0.261 e. The van der Waals surface area contributed by atoms with Gasteiger partial charge in [0.25, 0.3) is 5.91 Å². The Morgan fingerprint density at radius 1 is 1.29 bits per heavy atom. The molecular weight excluding hydrogens is 286 g/mol. The van der Waals surface area contributed by atoms with Crippen LogP contribution in [0, 0.1) is 5.92 Å². The van der Waals surface area contributed by atoms with E-state index in [1.54, 1.807) is 12.1 Å². The van der Waals surface area contributed by atoms with E-state index in [-0.39, 0.29) is 11.7 Å². The third-order valence-electron chi connectivity index (χ3n) is 3.93. The molecule has 0 unspecified atom stereocenters. The molecule has 2 atom stereocenters. The van der Waals surface area contributed by atoms with Crippen LogP contribution in [-0.2, 0) is 4.74 Å². The first-order valence-electron chi connectivity index (χ1n) is 7.58. The molecule has 1 aromatic heterocycles. The van der Waals surface area contributed by atoms with E-state index in [2.05, 4.69) is 12.2 Å². The fraction of sp³-hybridized carbons (Fsp3) is 0.625. The fourth-order valence-electron chi connectivity index (χ4n) is 2.64. The van der Waals surface area contributed by atoms with Gasteiger partial charge in [0.05, 0.1) is 22.5 Å². The number of thiophene rings is 1. The molecule has 0 saturated heterocycles. The average Bonchev–Trinajstić information content (AvgIpc) is 2.95. The highest BCUT2D eigenvalue weighted by molar-refractivity contribution is 7.15. The van der Waals surface area contributed by atoms with E-state index < -0.39 is 0 Å². The molecule has 1 aliphatic rings. The zero-order chi connectivity index (χ0) is 15.2.